The fourth-order valence-corrected chi connectivity index (χ4v) is 5.27. The standard InChI is InChI=1S/C27H30ClFN6O/c1-15(2)34-25(36)19-14-31-26(32-18-7-6-16-10-11-30-13-17(16)12-18)33-24(19)35(34)21-9-8-20(28)22(23(21)29)27(3,4)5/h6-9,12,14-15,30H,10-11,13H2,1-5H3,(H,31,32,33). The maximum Gasteiger partial charge on any atom is 0.278 e. The van der Waals surface area contributed by atoms with Crippen molar-refractivity contribution in [2.75, 3.05) is 11.9 Å². The Kier molecular flexibility index (Phi) is 6.12. The number of aromatic nitrogens is 4. The van der Waals surface area contributed by atoms with E-state index in [1.807, 2.05) is 40.7 Å². The molecule has 0 bridgehead atoms. The van der Waals surface area contributed by atoms with Gasteiger partial charge < -0.3 is 10.6 Å². The first-order valence-corrected chi connectivity index (χ1v) is 12.5. The predicted molar refractivity (Wildman–Crippen MR) is 142 cm³/mol. The summed E-state index contributed by atoms with van der Waals surface area (Å²) in [5, 5.41) is 7.29. The number of benzene rings is 2. The van der Waals surface area contributed by atoms with Gasteiger partial charge in [-0.3, -0.25) is 4.79 Å². The van der Waals surface area contributed by atoms with Crippen molar-refractivity contribution < 1.29 is 4.39 Å². The van der Waals surface area contributed by atoms with E-state index in [-0.39, 0.29) is 17.3 Å². The number of nitrogens with zero attached hydrogens (tertiary/aromatic N) is 4. The SMILES string of the molecule is CC(C)n1c(=O)c2cnc(Nc3ccc4c(c3)CNCC4)nc2n1-c1ccc(Cl)c(C(C)(C)C)c1F. The zero-order chi connectivity index (χ0) is 25.8. The van der Waals surface area contributed by atoms with Gasteiger partial charge in [0.1, 0.15) is 11.1 Å². The van der Waals surface area contributed by atoms with Crippen LogP contribution in [0, 0.1) is 5.82 Å². The lowest BCUT2D eigenvalue weighted by Crippen LogP contribution is -2.25. The molecule has 0 amide bonds. The third kappa shape index (κ3) is 4.18. The third-order valence-electron chi connectivity index (χ3n) is 6.51. The summed E-state index contributed by atoms with van der Waals surface area (Å²) in [6.07, 6.45) is 2.50. The number of hydrogen-bond acceptors (Lipinski definition) is 5. The molecule has 0 fully saturated rings. The van der Waals surface area contributed by atoms with Crippen molar-refractivity contribution in [1.82, 2.24) is 24.6 Å². The molecule has 9 heteroatoms. The Morgan fingerprint density at radius 3 is 2.67 bits per heavy atom. The van der Waals surface area contributed by atoms with E-state index in [9.17, 15) is 4.79 Å². The number of nitrogens with one attached hydrogen (secondary N) is 2. The Hall–Kier alpha value is -3.23. The summed E-state index contributed by atoms with van der Waals surface area (Å²) in [4.78, 5) is 22.4. The van der Waals surface area contributed by atoms with E-state index in [1.54, 1.807) is 16.8 Å². The largest absolute Gasteiger partial charge is 0.324 e. The minimum absolute atomic E-state index is 0.217. The maximum atomic E-state index is 16.0. The van der Waals surface area contributed by atoms with Crippen LogP contribution in [0.4, 0.5) is 16.0 Å². The molecule has 3 heterocycles. The molecule has 0 aliphatic carbocycles. The molecule has 0 saturated heterocycles. The maximum absolute atomic E-state index is 16.0. The van der Waals surface area contributed by atoms with Crippen LogP contribution in [-0.4, -0.2) is 25.9 Å². The van der Waals surface area contributed by atoms with Crippen LogP contribution in [0.3, 0.4) is 0 Å². The Labute approximate surface area is 214 Å². The third-order valence-corrected chi connectivity index (χ3v) is 6.83. The lowest BCUT2D eigenvalue weighted by Gasteiger charge is -2.24. The fraction of sp³-hybridized carbons (Fsp3) is 0.370. The quantitative estimate of drug-likeness (QED) is 0.373. The second-order valence-corrected chi connectivity index (χ2v) is 10.9. The lowest BCUT2D eigenvalue weighted by molar-refractivity contribution is 0.458. The minimum atomic E-state index is -0.536. The molecule has 0 unspecified atom stereocenters. The first-order valence-electron chi connectivity index (χ1n) is 12.1. The van der Waals surface area contributed by atoms with Crippen molar-refractivity contribution in [3.8, 4) is 5.69 Å². The summed E-state index contributed by atoms with van der Waals surface area (Å²) in [5.74, 6) is -0.150. The van der Waals surface area contributed by atoms with Gasteiger partial charge in [-0.2, -0.15) is 4.98 Å². The highest BCUT2D eigenvalue weighted by Gasteiger charge is 2.28. The molecule has 5 rings (SSSR count). The van der Waals surface area contributed by atoms with Gasteiger partial charge in [0.15, 0.2) is 11.5 Å². The van der Waals surface area contributed by atoms with E-state index in [0.29, 0.717) is 27.6 Å². The highest BCUT2D eigenvalue weighted by Crippen LogP contribution is 2.35. The van der Waals surface area contributed by atoms with Crippen molar-refractivity contribution in [1.29, 1.82) is 0 Å². The minimum Gasteiger partial charge on any atom is -0.324 e. The van der Waals surface area contributed by atoms with E-state index >= 15 is 4.39 Å². The van der Waals surface area contributed by atoms with E-state index in [0.717, 1.165) is 25.2 Å². The highest BCUT2D eigenvalue weighted by molar-refractivity contribution is 6.31. The second-order valence-electron chi connectivity index (χ2n) is 10.5. The molecule has 1 aliphatic rings. The Morgan fingerprint density at radius 2 is 1.94 bits per heavy atom. The summed E-state index contributed by atoms with van der Waals surface area (Å²) in [6.45, 7) is 11.3. The molecule has 188 valence electrons. The molecule has 0 saturated carbocycles. The number of fused-ring (bicyclic) bond motifs is 2. The van der Waals surface area contributed by atoms with Crippen LogP contribution in [0.5, 0.6) is 0 Å². The molecular formula is C27H30ClFN6O. The summed E-state index contributed by atoms with van der Waals surface area (Å²) >= 11 is 6.41. The number of rotatable bonds is 4. The van der Waals surface area contributed by atoms with Crippen LogP contribution >= 0.6 is 11.6 Å². The van der Waals surface area contributed by atoms with Gasteiger partial charge in [0, 0.05) is 35.1 Å². The average molecular weight is 509 g/mol. The molecule has 0 atom stereocenters. The van der Waals surface area contributed by atoms with Crippen molar-refractivity contribution in [2.24, 2.45) is 0 Å². The molecule has 0 radical (unpaired) electrons. The van der Waals surface area contributed by atoms with Gasteiger partial charge in [0.25, 0.3) is 5.56 Å². The van der Waals surface area contributed by atoms with Crippen LogP contribution in [0.1, 0.15) is 57.4 Å². The molecule has 2 N–H and O–H groups in total. The first-order chi connectivity index (χ1) is 17.1. The number of hydrogen-bond donors (Lipinski definition) is 2. The summed E-state index contributed by atoms with van der Waals surface area (Å²) < 4.78 is 19.1. The van der Waals surface area contributed by atoms with Crippen LogP contribution in [0.25, 0.3) is 16.7 Å². The first kappa shape index (κ1) is 24.5. The van der Waals surface area contributed by atoms with Crippen molar-refractivity contribution in [3.05, 3.63) is 74.4 Å². The Bertz CT molecular complexity index is 1530. The van der Waals surface area contributed by atoms with Gasteiger partial charge in [-0.1, -0.05) is 38.4 Å². The van der Waals surface area contributed by atoms with Crippen LogP contribution in [-0.2, 0) is 18.4 Å². The normalized spacial score (nSPS) is 13.9. The summed E-state index contributed by atoms with van der Waals surface area (Å²) in [5.41, 5.74) is 3.52. The van der Waals surface area contributed by atoms with E-state index in [1.165, 1.54) is 22.0 Å². The lowest BCUT2D eigenvalue weighted by atomic mass is 9.86. The Morgan fingerprint density at radius 1 is 1.17 bits per heavy atom. The van der Waals surface area contributed by atoms with Crippen molar-refractivity contribution in [3.63, 3.8) is 0 Å². The fourth-order valence-electron chi connectivity index (χ4n) is 4.84. The summed E-state index contributed by atoms with van der Waals surface area (Å²) in [6, 6.07) is 9.21. The smallest absolute Gasteiger partial charge is 0.278 e. The second kappa shape index (κ2) is 9.01. The topological polar surface area (TPSA) is 76.8 Å². The van der Waals surface area contributed by atoms with Gasteiger partial charge in [0.05, 0.1) is 0 Å². The van der Waals surface area contributed by atoms with E-state index in [4.69, 9.17) is 11.6 Å². The summed E-state index contributed by atoms with van der Waals surface area (Å²) in [7, 11) is 0. The number of anilines is 2. The van der Waals surface area contributed by atoms with Crippen LogP contribution < -0.4 is 16.2 Å². The van der Waals surface area contributed by atoms with Crippen molar-refractivity contribution in [2.45, 2.75) is 59.0 Å². The molecule has 4 aromatic rings. The monoisotopic (exact) mass is 508 g/mol. The molecule has 2 aromatic heterocycles. The Balaban J connectivity index is 1.68. The van der Waals surface area contributed by atoms with Gasteiger partial charge in [-0.25, -0.2) is 18.7 Å². The van der Waals surface area contributed by atoms with E-state index < -0.39 is 11.2 Å². The van der Waals surface area contributed by atoms with Crippen LogP contribution in [0.2, 0.25) is 5.02 Å². The molecule has 36 heavy (non-hydrogen) atoms. The predicted octanol–water partition coefficient (Wildman–Crippen LogP) is 5.64. The van der Waals surface area contributed by atoms with E-state index in [2.05, 4.69) is 32.7 Å². The number of halogens is 2. The zero-order valence-corrected chi connectivity index (χ0v) is 21.9. The highest BCUT2D eigenvalue weighted by atomic mass is 35.5. The molecule has 7 nitrogen and oxygen atoms in total. The van der Waals surface area contributed by atoms with Gasteiger partial charge >= 0.3 is 0 Å². The van der Waals surface area contributed by atoms with Crippen molar-refractivity contribution >= 4 is 34.3 Å². The van der Waals surface area contributed by atoms with Gasteiger partial charge in [-0.05, 0) is 67.6 Å². The van der Waals surface area contributed by atoms with Gasteiger partial charge in [0.2, 0.25) is 5.95 Å². The zero-order valence-electron chi connectivity index (χ0n) is 21.1. The van der Waals surface area contributed by atoms with Crippen LogP contribution in [0.15, 0.2) is 41.3 Å². The molecule has 1 aliphatic heterocycles. The molecule has 2 aromatic carbocycles. The average Bonchev–Trinajstić information content (AvgIpc) is 3.10. The van der Waals surface area contributed by atoms with Gasteiger partial charge in [-0.15, -0.1) is 0 Å². The molecule has 0 spiro atoms. The molecular weight excluding hydrogens is 479 g/mol.